The molecule has 3 heteroatoms. The molecule has 1 aromatic carbocycles. The lowest BCUT2D eigenvalue weighted by Crippen LogP contribution is -2.09. The van der Waals surface area contributed by atoms with Crippen molar-refractivity contribution in [1.29, 1.82) is 0 Å². The molecule has 1 aliphatic carbocycles. The minimum absolute atomic E-state index is 0.512. The SMILES string of the molecule is CC(C)c1cccc(C(C)C)c1-n1c2c(sc1=S)CCC2. The summed E-state index contributed by atoms with van der Waals surface area (Å²) in [4.78, 5) is 1.51. The van der Waals surface area contributed by atoms with E-state index < -0.39 is 0 Å². The zero-order valence-corrected chi connectivity index (χ0v) is 14.9. The number of para-hydroxylation sites is 1. The van der Waals surface area contributed by atoms with E-state index in [1.54, 1.807) is 0 Å². The van der Waals surface area contributed by atoms with Crippen molar-refractivity contribution in [3.8, 4) is 5.69 Å². The summed E-state index contributed by atoms with van der Waals surface area (Å²) in [5.41, 5.74) is 5.68. The van der Waals surface area contributed by atoms with Gasteiger partial charge in [0.1, 0.15) is 0 Å². The molecular weight excluding hydrogens is 294 g/mol. The topological polar surface area (TPSA) is 4.93 Å². The van der Waals surface area contributed by atoms with E-state index in [0.29, 0.717) is 11.8 Å². The first-order valence-electron chi connectivity index (χ1n) is 7.87. The fourth-order valence-electron chi connectivity index (χ4n) is 3.30. The lowest BCUT2D eigenvalue weighted by molar-refractivity contribution is 0.787. The molecule has 1 aromatic heterocycles. The average Bonchev–Trinajstić information content (AvgIpc) is 2.97. The van der Waals surface area contributed by atoms with Crippen molar-refractivity contribution in [1.82, 2.24) is 4.57 Å². The first kappa shape index (κ1) is 15.0. The van der Waals surface area contributed by atoms with Crippen LogP contribution in [0.1, 0.15) is 67.6 Å². The van der Waals surface area contributed by atoms with Gasteiger partial charge in [0.15, 0.2) is 3.95 Å². The van der Waals surface area contributed by atoms with Gasteiger partial charge in [0.25, 0.3) is 0 Å². The molecule has 1 heterocycles. The van der Waals surface area contributed by atoms with Gasteiger partial charge in [-0.1, -0.05) is 45.9 Å². The number of thiazole rings is 1. The van der Waals surface area contributed by atoms with Crippen LogP contribution in [0.3, 0.4) is 0 Å². The Morgan fingerprint density at radius 1 is 1.05 bits per heavy atom. The molecule has 112 valence electrons. The maximum absolute atomic E-state index is 5.72. The van der Waals surface area contributed by atoms with Gasteiger partial charge in [-0.3, -0.25) is 4.57 Å². The van der Waals surface area contributed by atoms with E-state index in [0.717, 1.165) is 3.95 Å². The number of fused-ring (bicyclic) bond motifs is 1. The lowest BCUT2D eigenvalue weighted by Gasteiger charge is -2.21. The quantitative estimate of drug-likeness (QED) is 0.628. The highest BCUT2D eigenvalue weighted by atomic mass is 32.1. The largest absolute Gasteiger partial charge is 0.295 e. The van der Waals surface area contributed by atoms with Gasteiger partial charge in [-0.05, 0) is 54.4 Å². The van der Waals surface area contributed by atoms with Crippen molar-refractivity contribution in [2.24, 2.45) is 0 Å². The minimum atomic E-state index is 0.512. The number of rotatable bonds is 3. The van der Waals surface area contributed by atoms with Crippen LogP contribution >= 0.6 is 23.6 Å². The molecular formula is C18H23NS2. The van der Waals surface area contributed by atoms with E-state index in [9.17, 15) is 0 Å². The van der Waals surface area contributed by atoms with E-state index in [2.05, 4.69) is 50.5 Å². The molecule has 0 radical (unpaired) electrons. The Labute approximate surface area is 136 Å². The Bertz CT molecular complexity index is 693. The van der Waals surface area contributed by atoms with E-state index in [4.69, 9.17) is 12.2 Å². The third-order valence-corrected chi connectivity index (χ3v) is 5.84. The molecule has 0 saturated heterocycles. The molecule has 0 aliphatic heterocycles. The van der Waals surface area contributed by atoms with Crippen LogP contribution in [0.4, 0.5) is 0 Å². The smallest absolute Gasteiger partial charge is 0.166 e. The molecule has 0 unspecified atom stereocenters. The standard InChI is InChI=1S/C18H23NS2/c1-11(2)13-7-5-8-14(12(3)4)17(13)19-15-9-6-10-16(15)21-18(19)20/h5,7-8,11-12H,6,9-10H2,1-4H3. The lowest BCUT2D eigenvalue weighted by atomic mass is 9.92. The fraction of sp³-hybridized carbons (Fsp3) is 0.500. The number of hydrogen-bond acceptors (Lipinski definition) is 2. The van der Waals surface area contributed by atoms with Crippen LogP contribution in [-0.2, 0) is 12.8 Å². The summed E-state index contributed by atoms with van der Waals surface area (Å²) >= 11 is 7.53. The van der Waals surface area contributed by atoms with Crippen LogP contribution in [-0.4, -0.2) is 4.57 Å². The zero-order valence-electron chi connectivity index (χ0n) is 13.3. The molecule has 0 atom stereocenters. The number of nitrogens with zero attached hydrogens (tertiary/aromatic N) is 1. The highest BCUT2D eigenvalue weighted by molar-refractivity contribution is 7.73. The molecule has 1 nitrogen and oxygen atoms in total. The molecule has 0 amide bonds. The Morgan fingerprint density at radius 2 is 1.67 bits per heavy atom. The average molecular weight is 318 g/mol. The van der Waals surface area contributed by atoms with Crippen molar-refractivity contribution in [3.63, 3.8) is 0 Å². The minimum Gasteiger partial charge on any atom is -0.295 e. The van der Waals surface area contributed by atoms with Gasteiger partial charge in [-0.15, -0.1) is 11.3 Å². The summed E-state index contributed by atoms with van der Waals surface area (Å²) in [5.74, 6) is 1.02. The molecule has 0 N–H and O–H groups in total. The van der Waals surface area contributed by atoms with Gasteiger partial charge in [-0.2, -0.15) is 0 Å². The van der Waals surface area contributed by atoms with E-state index in [1.165, 1.54) is 46.6 Å². The molecule has 2 aromatic rings. The van der Waals surface area contributed by atoms with Gasteiger partial charge in [-0.25, -0.2) is 0 Å². The zero-order chi connectivity index (χ0) is 15.1. The summed E-state index contributed by atoms with van der Waals surface area (Å²) in [5, 5.41) is 0. The van der Waals surface area contributed by atoms with Gasteiger partial charge < -0.3 is 0 Å². The van der Waals surface area contributed by atoms with Crippen molar-refractivity contribution in [2.45, 2.75) is 58.8 Å². The van der Waals surface area contributed by atoms with Crippen LogP contribution in [0.5, 0.6) is 0 Å². The van der Waals surface area contributed by atoms with E-state index in [-0.39, 0.29) is 0 Å². The van der Waals surface area contributed by atoms with Crippen molar-refractivity contribution in [2.75, 3.05) is 0 Å². The molecule has 0 spiro atoms. The Hall–Kier alpha value is -0.930. The second kappa shape index (κ2) is 5.69. The third-order valence-electron chi connectivity index (χ3n) is 4.37. The van der Waals surface area contributed by atoms with Crippen molar-refractivity contribution >= 4 is 23.6 Å². The van der Waals surface area contributed by atoms with Crippen LogP contribution in [0.25, 0.3) is 5.69 Å². The van der Waals surface area contributed by atoms with Crippen LogP contribution in [0.15, 0.2) is 18.2 Å². The number of aromatic nitrogens is 1. The molecule has 0 bridgehead atoms. The predicted octanol–water partition coefficient (Wildman–Crippen LogP) is 6.00. The first-order valence-corrected chi connectivity index (χ1v) is 9.10. The monoisotopic (exact) mass is 317 g/mol. The van der Waals surface area contributed by atoms with Crippen molar-refractivity contribution < 1.29 is 0 Å². The first-order chi connectivity index (χ1) is 10.0. The van der Waals surface area contributed by atoms with E-state index >= 15 is 0 Å². The summed E-state index contributed by atoms with van der Waals surface area (Å²) < 4.78 is 3.42. The second-order valence-corrected chi connectivity index (χ2v) is 8.25. The summed E-state index contributed by atoms with van der Waals surface area (Å²) in [6.07, 6.45) is 3.65. The Morgan fingerprint density at radius 3 is 2.24 bits per heavy atom. The van der Waals surface area contributed by atoms with Crippen LogP contribution in [0, 0.1) is 3.95 Å². The summed E-state index contributed by atoms with van der Waals surface area (Å²) in [7, 11) is 0. The van der Waals surface area contributed by atoms with Gasteiger partial charge in [0, 0.05) is 10.6 Å². The fourth-order valence-corrected chi connectivity index (χ4v) is 4.87. The highest BCUT2D eigenvalue weighted by Gasteiger charge is 2.23. The molecule has 3 rings (SSSR count). The van der Waals surface area contributed by atoms with Gasteiger partial charge >= 0.3 is 0 Å². The number of benzene rings is 1. The maximum Gasteiger partial charge on any atom is 0.166 e. The number of aryl methyl sites for hydroxylation is 1. The second-order valence-electron chi connectivity index (χ2n) is 6.52. The van der Waals surface area contributed by atoms with Crippen LogP contribution in [0.2, 0.25) is 0 Å². The predicted molar refractivity (Wildman–Crippen MR) is 94.7 cm³/mol. The molecule has 1 aliphatic rings. The Balaban J connectivity index is 2.34. The molecule has 0 saturated carbocycles. The Kier molecular flexibility index (Phi) is 4.06. The number of hydrogen-bond donors (Lipinski definition) is 0. The van der Waals surface area contributed by atoms with Gasteiger partial charge in [0.2, 0.25) is 0 Å². The normalized spacial score (nSPS) is 14.2. The van der Waals surface area contributed by atoms with Gasteiger partial charge in [0.05, 0.1) is 5.69 Å². The third kappa shape index (κ3) is 2.51. The summed E-state index contributed by atoms with van der Waals surface area (Å²) in [6, 6.07) is 6.74. The summed E-state index contributed by atoms with van der Waals surface area (Å²) in [6.45, 7) is 9.11. The maximum atomic E-state index is 5.72. The van der Waals surface area contributed by atoms with E-state index in [1.807, 2.05) is 11.3 Å². The molecule has 0 fully saturated rings. The molecule has 21 heavy (non-hydrogen) atoms. The van der Waals surface area contributed by atoms with Crippen LogP contribution < -0.4 is 0 Å². The van der Waals surface area contributed by atoms with Crippen molar-refractivity contribution in [3.05, 3.63) is 43.9 Å². The highest BCUT2D eigenvalue weighted by Crippen LogP contribution is 2.37.